The van der Waals surface area contributed by atoms with Crippen LogP contribution < -0.4 is 14.2 Å². The van der Waals surface area contributed by atoms with Gasteiger partial charge in [-0.3, -0.25) is 0 Å². The second-order valence-electron chi connectivity index (χ2n) is 9.91. The number of benzene rings is 2. The smallest absolute Gasteiger partial charge is 0.338 e. The van der Waals surface area contributed by atoms with Crippen molar-refractivity contribution in [3.63, 3.8) is 0 Å². The molecule has 1 saturated heterocycles. The molecule has 2 unspecified atom stereocenters. The van der Waals surface area contributed by atoms with Gasteiger partial charge in [-0.1, -0.05) is 18.2 Å². The molecule has 0 aromatic heterocycles. The normalized spacial score (nSPS) is 23.1. The fourth-order valence-corrected chi connectivity index (χ4v) is 5.04. The van der Waals surface area contributed by atoms with E-state index in [2.05, 4.69) is 9.80 Å². The Kier molecular flexibility index (Phi) is 10.9. The van der Waals surface area contributed by atoms with E-state index in [0.29, 0.717) is 54.4 Å². The molecular weight excluding hydrogens is 500 g/mol. The molecule has 1 fully saturated rings. The van der Waals surface area contributed by atoms with Crippen LogP contribution in [0.1, 0.15) is 52.8 Å². The summed E-state index contributed by atoms with van der Waals surface area (Å²) in [4.78, 5) is 30.5. The lowest BCUT2D eigenvalue weighted by molar-refractivity contribution is 0.0221. The molecule has 2 aromatic rings. The van der Waals surface area contributed by atoms with Gasteiger partial charge < -0.3 is 33.5 Å². The number of rotatable bonds is 4. The molecule has 39 heavy (non-hydrogen) atoms. The average molecular weight is 541 g/mol. The van der Waals surface area contributed by atoms with Crippen molar-refractivity contribution < 1.29 is 33.3 Å². The van der Waals surface area contributed by atoms with Crippen LogP contribution >= 0.6 is 0 Å². The number of hydrogen-bond acceptors (Lipinski definition) is 9. The van der Waals surface area contributed by atoms with E-state index in [-0.39, 0.29) is 12.1 Å². The summed E-state index contributed by atoms with van der Waals surface area (Å²) in [5, 5.41) is 0. The quantitative estimate of drug-likeness (QED) is 0.533. The maximum absolute atomic E-state index is 12.8. The van der Waals surface area contributed by atoms with Gasteiger partial charge in [0, 0.05) is 26.2 Å². The molecule has 9 heteroatoms. The van der Waals surface area contributed by atoms with Gasteiger partial charge in [0.15, 0.2) is 11.5 Å². The first-order valence-electron chi connectivity index (χ1n) is 13.8. The van der Waals surface area contributed by atoms with Crippen LogP contribution in [0.2, 0.25) is 0 Å². The van der Waals surface area contributed by atoms with Crippen molar-refractivity contribution in [3.05, 3.63) is 53.6 Å². The number of carbonyl (C=O) groups excluding carboxylic acids is 2. The zero-order valence-corrected chi connectivity index (χ0v) is 23.1. The van der Waals surface area contributed by atoms with Gasteiger partial charge >= 0.3 is 11.9 Å². The van der Waals surface area contributed by atoms with E-state index in [4.69, 9.17) is 23.7 Å². The predicted molar refractivity (Wildman–Crippen MR) is 147 cm³/mol. The lowest BCUT2D eigenvalue weighted by Gasteiger charge is -2.24. The second-order valence-corrected chi connectivity index (χ2v) is 9.91. The van der Waals surface area contributed by atoms with Crippen molar-refractivity contribution in [2.45, 2.75) is 38.2 Å². The van der Waals surface area contributed by atoms with Crippen LogP contribution in [0.25, 0.3) is 0 Å². The molecule has 0 saturated carbocycles. The SMILES string of the molecule is COc1cc2cc(c1OC)OCCC[C@H](OC(=O)c1ccccc1)CCN1CCCN(CCCOC2=O)CC1. The predicted octanol–water partition coefficient (Wildman–Crippen LogP) is 4.05. The van der Waals surface area contributed by atoms with E-state index < -0.39 is 5.97 Å². The van der Waals surface area contributed by atoms with Gasteiger partial charge in [0.2, 0.25) is 5.75 Å². The van der Waals surface area contributed by atoms with E-state index in [9.17, 15) is 9.59 Å². The largest absolute Gasteiger partial charge is 0.493 e. The Balaban J connectivity index is 1.50. The van der Waals surface area contributed by atoms with Gasteiger partial charge in [0.1, 0.15) is 6.10 Å². The van der Waals surface area contributed by atoms with Crippen molar-refractivity contribution in [2.24, 2.45) is 0 Å². The second kappa shape index (κ2) is 14.7. The Labute approximate surface area is 230 Å². The number of fused-ring (bicyclic) bond motifs is 5. The minimum atomic E-state index is -0.423. The molecule has 2 aromatic carbocycles. The Morgan fingerprint density at radius 2 is 1.54 bits per heavy atom. The zero-order valence-electron chi connectivity index (χ0n) is 23.1. The monoisotopic (exact) mass is 540 g/mol. The number of methoxy groups -OCH3 is 2. The van der Waals surface area contributed by atoms with Crippen LogP contribution in [0, 0.1) is 0 Å². The summed E-state index contributed by atoms with van der Waals surface area (Å²) < 4.78 is 28.6. The molecule has 0 spiro atoms. The molecule has 9 nitrogen and oxygen atoms in total. The van der Waals surface area contributed by atoms with Gasteiger partial charge in [-0.2, -0.15) is 0 Å². The number of carbonyl (C=O) groups is 2. The fraction of sp³-hybridized carbons (Fsp3) is 0.533. The molecule has 0 radical (unpaired) electrons. The van der Waals surface area contributed by atoms with Crippen LogP contribution in [0.15, 0.2) is 42.5 Å². The Hall–Kier alpha value is -3.30. The highest BCUT2D eigenvalue weighted by molar-refractivity contribution is 5.91. The first-order chi connectivity index (χ1) is 19.1. The number of cyclic esters (lactones) is 1. The molecule has 2 aliphatic rings. The van der Waals surface area contributed by atoms with Crippen LogP contribution in [-0.2, 0) is 9.47 Å². The number of esters is 2. The zero-order chi connectivity index (χ0) is 27.5. The summed E-state index contributed by atoms with van der Waals surface area (Å²) >= 11 is 0. The van der Waals surface area contributed by atoms with Gasteiger partial charge in [-0.25, -0.2) is 9.59 Å². The third kappa shape index (κ3) is 8.34. The Morgan fingerprint density at radius 1 is 0.821 bits per heavy atom. The van der Waals surface area contributed by atoms with Crippen molar-refractivity contribution in [1.29, 1.82) is 0 Å². The highest BCUT2D eigenvalue weighted by atomic mass is 16.5. The lowest BCUT2D eigenvalue weighted by atomic mass is 10.1. The minimum absolute atomic E-state index is 0.236. The van der Waals surface area contributed by atoms with Crippen LogP contribution in [-0.4, -0.2) is 94.5 Å². The average Bonchev–Trinajstić information content (AvgIpc) is 3.20. The lowest BCUT2D eigenvalue weighted by Crippen LogP contribution is -2.34. The Morgan fingerprint density at radius 3 is 2.28 bits per heavy atom. The van der Waals surface area contributed by atoms with Crippen molar-refractivity contribution >= 4 is 11.9 Å². The molecular formula is C30H40N2O7. The maximum Gasteiger partial charge on any atom is 0.338 e. The maximum atomic E-state index is 12.8. The summed E-state index contributed by atoms with van der Waals surface area (Å²) in [5.41, 5.74) is 0.899. The molecule has 4 bridgehead atoms. The molecule has 2 heterocycles. The molecule has 212 valence electrons. The van der Waals surface area contributed by atoms with E-state index in [1.54, 1.807) is 24.3 Å². The van der Waals surface area contributed by atoms with Crippen molar-refractivity contribution in [1.82, 2.24) is 9.80 Å². The van der Waals surface area contributed by atoms with Crippen LogP contribution in [0.4, 0.5) is 0 Å². The van der Waals surface area contributed by atoms with E-state index in [1.807, 2.05) is 18.2 Å². The van der Waals surface area contributed by atoms with Crippen molar-refractivity contribution in [2.75, 3.05) is 66.7 Å². The third-order valence-electron chi connectivity index (χ3n) is 7.19. The molecule has 0 amide bonds. The summed E-state index contributed by atoms with van der Waals surface area (Å²) in [5.74, 6) is 0.496. The highest BCUT2D eigenvalue weighted by Crippen LogP contribution is 2.38. The minimum Gasteiger partial charge on any atom is -0.493 e. The third-order valence-corrected chi connectivity index (χ3v) is 7.19. The van der Waals surface area contributed by atoms with Gasteiger partial charge in [-0.15, -0.1) is 0 Å². The molecule has 4 rings (SSSR count). The van der Waals surface area contributed by atoms with Gasteiger partial charge in [0.05, 0.1) is 38.6 Å². The van der Waals surface area contributed by atoms with Crippen molar-refractivity contribution in [3.8, 4) is 17.2 Å². The summed E-state index contributed by atoms with van der Waals surface area (Å²) in [6, 6.07) is 12.3. The van der Waals surface area contributed by atoms with E-state index in [1.165, 1.54) is 14.2 Å². The number of nitrogens with zero attached hydrogens (tertiary/aromatic N) is 2. The number of hydrogen-bond donors (Lipinski definition) is 0. The standard InChI is InChI=1S/C30H40N2O7/c1-35-26-21-24-22-27(28(26)36-2)37-19-6-11-25(39-30(34)23-9-4-3-5-10-23)12-16-32-14-7-13-31(17-18-32)15-8-20-38-29(24)33/h3-5,9-10,21-22,25H,6-8,11-20H2,1-2H3/t25-/m0/s1. The first-order valence-corrected chi connectivity index (χ1v) is 13.8. The molecule has 3 atom stereocenters. The van der Waals surface area contributed by atoms with E-state index >= 15 is 0 Å². The molecule has 0 N–H and O–H groups in total. The van der Waals surface area contributed by atoms with Crippen LogP contribution in [0.3, 0.4) is 0 Å². The van der Waals surface area contributed by atoms with Crippen LogP contribution in [0.5, 0.6) is 17.2 Å². The van der Waals surface area contributed by atoms with E-state index in [0.717, 1.165) is 58.5 Å². The Bertz CT molecular complexity index is 1080. The van der Waals surface area contributed by atoms with Gasteiger partial charge in [-0.05, 0) is 69.5 Å². The topological polar surface area (TPSA) is 86.8 Å². The molecule has 0 aliphatic carbocycles. The van der Waals surface area contributed by atoms with Gasteiger partial charge in [0.25, 0.3) is 0 Å². The highest BCUT2D eigenvalue weighted by Gasteiger charge is 2.22. The number of ether oxygens (including phenoxy) is 5. The summed E-state index contributed by atoms with van der Waals surface area (Å²) in [7, 11) is 3.05. The fourth-order valence-electron chi connectivity index (χ4n) is 5.04. The molecule has 2 aliphatic heterocycles. The summed E-state index contributed by atoms with van der Waals surface area (Å²) in [6.07, 6.45) is 3.67. The first kappa shape index (κ1) is 28.7. The summed E-state index contributed by atoms with van der Waals surface area (Å²) in [6.45, 7) is 6.42.